The molecule has 1 aliphatic heterocycles. The molecular formula is C15H24ClN3O3S. The minimum Gasteiger partial charge on any atom is -0.340 e. The zero-order valence-electron chi connectivity index (χ0n) is 13.2. The highest BCUT2D eigenvalue weighted by atomic mass is 35.5. The fraction of sp³-hybridized carbons (Fsp3) is 0.533. The predicted molar refractivity (Wildman–Crippen MR) is 92.7 cm³/mol. The second-order valence-corrected chi connectivity index (χ2v) is 7.57. The molecule has 1 unspecified atom stereocenters. The van der Waals surface area contributed by atoms with Gasteiger partial charge in [0.25, 0.3) is 0 Å². The largest absolute Gasteiger partial charge is 0.340 e. The number of piperazine rings is 1. The van der Waals surface area contributed by atoms with E-state index < -0.39 is 10.0 Å². The van der Waals surface area contributed by atoms with Crippen molar-refractivity contribution in [2.45, 2.75) is 12.7 Å². The van der Waals surface area contributed by atoms with Crippen molar-refractivity contribution >= 4 is 28.3 Å². The van der Waals surface area contributed by atoms with Crippen LogP contribution in [0.3, 0.4) is 0 Å². The predicted octanol–water partition coefficient (Wildman–Crippen LogP) is 0.677. The smallest absolute Gasteiger partial charge is 0.226 e. The topological polar surface area (TPSA) is 83.7 Å². The lowest BCUT2D eigenvalue weighted by Gasteiger charge is -2.35. The third kappa shape index (κ3) is 5.17. The van der Waals surface area contributed by atoms with Crippen LogP contribution in [0.1, 0.15) is 12.5 Å². The van der Waals surface area contributed by atoms with Gasteiger partial charge < -0.3 is 10.6 Å². The van der Waals surface area contributed by atoms with E-state index in [4.69, 9.17) is 5.73 Å². The van der Waals surface area contributed by atoms with Gasteiger partial charge in [-0.15, -0.1) is 12.4 Å². The quantitative estimate of drug-likeness (QED) is 0.835. The number of hydrogen-bond donors (Lipinski definition) is 1. The maximum absolute atomic E-state index is 12.4. The lowest BCUT2D eigenvalue weighted by Crippen LogP contribution is -2.52. The van der Waals surface area contributed by atoms with Crippen LogP contribution in [0.2, 0.25) is 0 Å². The SMILES string of the molecule is CC(CN)C(=O)N1CCN(S(=O)(=O)Cc2ccccc2)CC1.Cl. The molecule has 1 fully saturated rings. The first kappa shape index (κ1) is 19.9. The normalized spacial score (nSPS) is 17.4. The molecular weight excluding hydrogens is 338 g/mol. The molecule has 0 spiro atoms. The number of halogens is 1. The molecule has 1 amide bonds. The molecule has 1 saturated heterocycles. The van der Waals surface area contributed by atoms with Crippen molar-refractivity contribution < 1.29 is 13.2 Å². The van der Waals surface area contributed by atoms with Gasteiger partial charge in [0, 0.05) is 38.6 Å². The van der Waals surface area contributed by atoms with E-state index in [-0.39, 0.29) is 30.0 Å². The Morgan fingerprint density at radius 1 is 1.17 bits per heavy atom. The Morgan fingerprint density at radius 3 is 2.26 bits per heavy atom. The number of hydrogen-bond acceptors (Lipinski definition) is 4. The molecule has 130 valence electrons. The molecule has 0 aromatic heterocycles. The zero-order valence-corrected chi connectivity index (χ0v) is 14.9. The van der Waals surface area contributed by atoms with E-state index in [9.17, 15) is 13.2 Å². The van der Waals surface area contributed by atoms with E-state index >= 15 is 0 Å². The molecule has 1 aliphatic rings. The number of benzene rings is 1. The summed E-state index contributed by atoms with van der Waals surface area (Å²) < 4.78 is 26.3. The van der Waals surface area contributed by atoms with Crippen LogP contribution in [0.4, 0.5) is 0 Å². The summed E-state index contributed by atoms with van der Waals surface area (Å²) in [6, 6.07) is 9.13. The lowest BCUT2D eigenvalue weighted by molar-refractivity contribution is -0.135. The van der Waals surface area contributed by atoms with Crippen molar-refractivity contribution in [3.8, 4) is 0 Å². The van der Waals surface area contributed by atoms with Crippen molar-refractivity contribution in [1.29, 1.82) is 0 Å². The highest BCUT2D eigenvalue weighted by Crippen LogP contribution is 2.14. The van der Waals surface area contributed by atoms with E-state index in [2.05, 4.69) is 0 Å². The standard InChI is InChI=1S/C15H23N3O3S.ClH/c1-13(11-16)15(19)17-7-9-18(10-8-17)22(20,21)12-14-5-3-2-4-6-14;/h2-6,13H,7-12,16H2,1H3;1H. The van der Waals surface area contributed by atoms with Crippen molar-refractivity contribution in [1.82, 2.24) is 9.21 Å². The Morgan fingerprint density at radius 2 is 1.74 bits per heavy atom. The summed E-state index contributed by atoms with van der Waals surface area (Å²) in [5.74, 6) is -0.212. The molecule has 23 heavy (non-hydrogen) atoms. The Balaban J connectivity index is 0.00000264. The van der Waals surface area contributed by atoms with Gasteiger partial charge in [-0.3, -0.25) is 4.79 Å². The Hall–Kier alpha value is -1.15. The molecule has 0 aliphatic carbocycles. The van der Waals surface area contributed by atoms with E-state index in [1.807, 2.05) is 18.2 Å². The van der Waals surface area contributed by atoms with Gasteiger partial charge in [0.15, 0.2) is 0 Å². The second-order valence-electron chi connectivity index (χ2n) is 5.60. The van der Waals surface area contributed by atoms with E-state index in [0.29, 0.717) is 32.7 Å². The van der Waals surface area contributed by atoms with Gasteiger partial charge >= 0.3 is 0 Å². The highest BCUT2D eigenvalue weighted by Gasteiger charge is 2.30. The Kier molecular flexibility index (Phi) is 7.47. The first-order valence-corrected chi connectivity index (χ1v) is 9.05. The molecule has 1 atom stereocenters. The third-order valence-electron chi connectivity index (χ3n) is 3.91. The van der Waals surface area contributed by atoms with Gasteiger partial charge in [0.05, 0.1) is 5.75 Å². The van der Waals surface area contributed by atoms with Gasteiger partial charge in [0.2, 0.25) is 15.9 Å². The van der Waals surface area contributed by atoms with E-state index in [0.717, 1.165) is 5.56 Å². The summed E-state index contributed by atoms with van der Waals surface area (Å²) in [6.07, 6.45) is 0. The lowest BCUT2D eigenvalue weighted by atomic mass is 10.1. The van der Waals surface area contributed by atoms with Crippen molar-refractivity contribution in [2.75, 3.05) is 32.7 Å². The summed E-state index contributed by atoms with van der Waals surface area (Å²) in [6.45, 7) is 3.65. The summed E-state index contributed by atoms with van der Waals surface area (Å²) in [4.78, 5) is 13.8. The molecule has 0 bridgehead atoms. The number of carbonyl (C=O) groups excluding carboxylic acids is 1. The number of sulfonamides is 1. The molecule has 2 N–H and O–H groups in total. The number of nitrogens with two attached hydrogens (primary N) is 1. The monoisotopic (exact) mass is 361 g/mol. The highest BCUT2D eigenvalue weighted by molar-refractivity contribution is 7.88. The van der Waals surface area contributed by atoms with Crippen LogP contribution in [0.15, 0.2) is 30.3 Å². The van der Waals surface area contributed by atoms with E-state index in [1.165, 1.54) is 4.31 Å². The first-order chi connectivity index (χ1) is 10.4. The maximum Gasteiger partial charge on any atom is 0.226 e. The summed E-state index contributed by atoms with van der Waals surface area (Å²) in [5, 5.41) is 0. The van der Waals surface area contributed by atoms with Crippen LogP contribution in [0.5, 0.6) is 0 Å². The minimum atomic E-state index is -3.34. The molecule has 1 heterocycles. The fourth-order valence-corrected chi connectivity index (χ4v) is 3.99. The number of carbonyl (C=O) groups is 1. The number of rotatable bonds is 5. The van der Waals surface area contributed by atoms with Crippen LogP contribution in [-0.2, 0) is 20.6 Å². The minimum absolute atomic E-state index is 0. The van der Waals surface area contributed by atoms with Gasteiger partial charge in [-0.25, -0.2) is 8.42 Å². The average Bonchev–Trinajstić information content (AvgIpc) is 2.54. The molecule has 8 heteroatoms. The molecule has 2 rings (SSSR count). The third-order valence-corrected chi connectivity index (χ3v) is 5.76. The van der Waals surface area contributed by atoms with Crippen molar-refractivity contribution in [3.05, 3.63) is 35.9 Å². The zero-order chi connectivity index (χ0) is 16.2. The molecule has 0 radical (unpaired) electrons. The van der Waals surface area contributed by atoms with Crippen LogP contribution in [0, 0.1) is 5.92 Å². The summed E-state index contributed by atoms with van der Waals surface area (Å²) >= 11 is 0. The van der Waals surface area contributed by atoms with Gasteiger partial charge in [-0.05, 0) is 5.56 Å². The van der Waals surface area contributed by atoms with Crippen molar-refractivity contribution in [2.24, 2.45) is 11.7 Å². The van der Waals surface area contributed by atoms with Gasteiger partial charge in [-0.1, -0.05) is 37.3 Å². The summed E-state index contributed by atoms with van der Waals surface area (Å²) in [7, 11) is -3.34. The average molecular weight is 362 g/mol. The van der Waals surface area contributed by atoms with Crippen LogP contribution in [-0.4, -0.2) is 56.3 Å². The van der Waals surface area contributed by atoms with Gasteiger partial charge in [0.1, 0.15) is 0 Å². The van der Waals surface area contributed by atoms with Crippen molar-refractivity contribution in [3.63, 3.8) is 0 Å². The van der Waals surface area contributed by atoms with Crippen LogP contribution >= 0.6 is 12.4 Å². The fourth-order valence-electron chi connectivity index (χ4n) is 2.48. The van der Waals surface area contributed by atoms with Crippen LogP contribution < -0.4 is 5.73 Å². The Bertz CT molecular complexity index is 602. The molecule has 1 aromatic rings. The number of nitrogens with zero attached hydrogens (tertiary/aromatic N) is 2. The summed E-state index contributed by atoms with van der Waals surface area (Å²) in [5.41, 5.74) is 6.28. The number of amides is 1. The molecule has 6 nitrogen and oxygen atoms in total. The molecule has 1 aromatic carbocycles. The second kappa shape index (κ2) is 8.63. The molecule has 0 saturated carbocycles. The van der Waals surface area contributed by atoms with E-state index in [1.54, 1.807) is 24.0 Å². The Labute approximate surface area is 144 Å². The first-order valence-electron chi connectivity index (χ1n) is 7.44. The maximum atomic E-state index is 12.4. The van der Waals surface area contributed by atoms with Gasteiger partial charge in [-0.2, -0.15) is 4.31 Å². The van der Waals surface area contributed by atoms with Crippen LogP contribution in [0.25, 0.3) is 0 Å².